The first-order valence-corrected chi connectivity index (χ1v) is 6.15. The smallest absolute Gasteiger partial charge is 0.293 e. The van der Waals surface area contributed by atoms with E-state index in [1.807, 2.05) is 13.0 Å². The van der Waals surface area contributed by atoms with Gasteiger partial charge in [0, 0.05) is 12.7 Å². The van der Waals surface area contributed by atoms with Crippen LogP contribution >= 0.6 is 0 Å². The second kappa shape index (κ2) is 7.93. The first-order valence-electron chi connectivity index (χ1n) is 6.15. The predicted octanol–water partition coefficient (Wildman–Crippen LogP) is 0.667. The number of carbonyl (C=O) groups excluding carboxylic acids is 1. The van der Waals surface area contributed by atoms with Gasteiger partial charge in [-0.15, -0.1) is 0 Å². The summed E-state index contributed by atoms with van der Waals surface area (Å²) in [5.41, 5.74) is -0.412. The standard InChI is InChI=1S/C13H17N3O3/c1-2-3-7-15-12(17)10-19-11-5-4-8-16(9-6-14)13(11)18/h4-5,8H,2-3,7,9-10H2,1H3,(H,15,17). The number of unbranched alkanes of at least 4 members (excludes halogenated alkanes) is 1. The molecule has 0 aromatic carbocycles. The number of aromatic nitrogens is 1. The molecule has 0 aliphatic carbocycles. The number of rotatable bonds is 7. The molecular weight excluding hydrogens is 246 g/mol. The maximum atomic E-state index is 11.8. The van der Waals surface area contributed by atoms with Crippen molar-refractivity contribution < 1.29 is 9.53 Å². The molecule has 0 aliphatic heterocycles. The molecule has 0 unspecified atom stereocenters. The van der Waals surface area contributed by atoms with E-state index in [1.54, 1.807) is 6.07 Å². The lowest BCUT2D eigenvalue weighted by atomic mass is 10.3. The summed E-state index contributed by atoms with van der Waals surface area (Å²) in [5.74, 6) is -0.188. The highest BCUT2D eigenvalue weighted by Crippen LogP contribution is 2.01. The summed E-state index contributed by atoms with van der Waals surface area (Å²) >= 11 is 0. The number of hydrogen-bond donors (Lipinski definition) is 1. The number of nitrogens with zero attached hydrogens (tertiary/aromatic N) is 2. The largest absolute Gasteiger partial charge is 0.478 e. The summed E-state index contributed by atoms with van der Waals surface area (Å²) in [4.78, 5) is 23.2. The fraction of sp³-hybridized carbons (Fsp3) is 0.462. The maximum Gasteiger partial charge on any atom is 0.293 e. The van der Waals surface area contributed by atoms with Crippen molar-refractivity contribution in [1.29, 1.82) is 5.26 Å². The summed E-state index contributed by atoms with van der Waals surface area (Å²) in [6.07, 6.45) is 3.41. The molecule has 1 N–H and O–H groups in total. The molecule has 1 amide bonds. The van der Waals surface area contributed by atoms with E-state index in [0.29, 0.717) is 6.54 Å². The quantitative estimate of drug-likeness (QED) is 0.733. The van der Waals surface area contributed by atoms with Crippen LogP contribution in [-0.4, -0.2) is 23.6 Å². The zero-order chi connectivity index (χ0) is 14.1. The SMILES string of the molecule is CCCCNC(=O)COc1cccn(CC#N)c1=O. The minimum absolute atomic E-state index is 0.0429. The van der Waals surface area contributed by atoms with Crippen LogP contribution in [-0.2, 0) is 11.3 Å². The lowest BCUT2D eigenvalue weighted by molar-refractivity contribution is -0.123. The molecule has 0 radical (unpaired) electrons. The first kappa shape index (κ1) is 14.8. The molecule has 0 bridgehead atoms. The number of amides is 1. The van der Waals surface area contributed by atoms with Gasteiger partial charge in [0.15, 0.2) is 12.4 Å². The van der Waals surface area contributed by atoms with Gasteiger partial charge in [-0.1, -0.05) is 13.3 Å². The second-order valence-electron chi connectivity index (χ2n) is 3.96. The fourth-order valence-electron chi connectivity index (χ4n) is 1.42. The van der Waals surface area contributed by atoms with Crippen LogP contribution in [0.2, 0.25) is 0 Å². The summed E-state index contributed by atoms with van der Waals surface area (Å²) in [6, 6.07) is 4.96. The number of nitriles is 1. The summed E-state index contributed by atoms with van der Waals surface area (Å²) < 4.78 is 6.39. The minimum Gasteiger partial charge on any atom is -0.478 e. The molecular formula is C13H17N3O3. The van der Waals surface area contributed by atoms with Crippen molar-refractivity contribution in [1.82, 2.24) is 9.88 Å². The Balaban J connectivity index is 2.54. The lowest BCUT2D eigenvalue weighted by Crippen LogP contribution is -2.31. The summed E-state index contributed by atoms with van der Waals surface area (Å²) in [5, 5.41) is 11.2. The average molecular weight is 263 g/mol. The molecule has 0 fully saturated rings. The Morgan fingerprint density at radius 2 is 2.37 bits per heavy atom. The van der Waals surface area contributed by atoms with Gasteiger partial charge < -0.3 is 10.1 Å². The van der Waals surface area contributed by atoms with Gasteiger partial charge in [-0.25, -0.2) is 0 Å². The van der Waals surface area contributed by atoms with E-state index in [0.717, 1.165) is 12.8 Å². The zero-order valence-corrected chi connectivity index (χ0v) is 10.9. The Morgan fingerprint density at radius 1 is 1.58 bits per heavy atom. The zero-order valence-electron chi connectivity index (χ0n) is 10.9. The topological polar surface area (TPSA) is 84.1 Å². The van der Waals surface area contributed by atoms with Gasteiger partial charge in [0.1, 0.15) is 6.54 Å². The number of carbonyl (C=O) groups is 1. The molecule has 0 aliphatic rings. The third-order valence-electron chi connectivity index (χ3n) is 2.44. The van der Waals surface area contributed by atoms with Crippen LogP contribution in [0.25, 0.3) is 0 Å². The first-order chi connectivity index (χ1) is 9.19. The van der Waals surface area contributed by atoms with E-state index in [9.17, 15) is 9.59 Å². The number of hydrogen-bond acceptors (Lipinski definition) is 4. The van der Waals surface area contributed by atoms with E-state index in [1.165, 1.54) is 16.8 Å². The van der Waals surface area contributed by atoms with Crippen molar-refractivity contribution in [2.24, 2.45) is 0 Å². The third-order valence-corrected chi connectivity index (χ3v) is 2.44. The molecule has 1 rings (SSSR count). The number of pyridine rings is 1. The Hall–Kier alpha value is -2.29. The van der Waals surface area contributed by atoms with Gasteiger partial charge in [0.25, 0.3) is 11.5 Å². The van der Waals surface area contributed by atoms with Crippen LogP contribution in [0.4, 0.5) is 0 Å². The molecule has 102 valence electrons. The van der Waals surface area contributed by atoms with Gasteiger partial charge in [-0.2, -0.15) is 5.26 Å². The normalized spacial score (nSPS) is 9.68. The van der Waals surface area contributed by atoms with Gasteiger partial charge in [0.05, 0.1) is 6.07 Å². The lowest BCUT2D eigenvalue weighted by Gasteiger charge is -2.07. The predicted molar refractivity (Wildman–Crippen MR) is 69.7 cm³/mol. The van der Waals surface area contributed by atoms with Crippen molar-refractivity contribution in [3.8, 4) is 11.8 Å². The van der Waals surface area contributed by atoms with Gasteiger partial charge >= 0.3 is 0 Å². The molecule has 6 nitrogen and oxygen atoms in total. The molecule has 0 atom stereocenters. The minimum atomic E-state index is -0.412. The maximum absolute atomic E-state index is 11.8. The van der Waals surface area contributed by atoms with E-state index in [2.05, 4.69) is 5.32 Å². The molecule has 19 heavy (non-hydrogen) atoms. The Labute approximate surface area is 111 Å². The molecule has 0 saturated carbocycles. The number of ether oxygens (including phenoxy) is 1. The van der Waals surface area contributed by atoms with E-state index < -0.39 is 5.56 Å². The van der Waals surface area contributed by atoms with Crippen LogP contribution in [0.5, 0.6) is 5.75 Å². The Bertz CT molecular complexity index is 517. The molecule has 1 heterocycles. The van der Waals surface area contributed by atoms with Crippen molar-refractivity contribution in [3.05, 3.63) is 28.7 Å². The van der Waals surface area contributed by atoms with E-state index in [4.69, 9.17) is 10.00 Å². The molecule has 1 aromatic rings. The van der Waals surface area contributed by atoms with Crippen LogP contribution in [0.1, 0.15) is 19.8 Å². The molecule has 6 heteroatoms. The van der Waals surface area contributed by atoms with Crippen molar-refractivity contribution in [2.45, 2.75) is 26.3 Å². The molecule has 0 spiro atoms. The average Bonchev–Trinajstić information content (AvgIpc) is 2.40. The van der Waals surface area contributed by atoms with E-state index in [-0.39, 0.29) is 24.8 Å². The Morgan fingerprint density at radius 3 is 3.05 bits per heavy atom. The van der Waals surface area contributed by atoms with Gasteiger partial charge in [-0.3, -0.25) is 14.2 Å². The van der Waals surface area contributed by atoms with Crippen LogP contribution in [0.3, 0.4) is 0 Å². The van der Waals surface area contributed by atoms with Gasteiger partial charge in [0.2, 0.25) is 0 Å². The van der Waals surface area contributed by atoms with Crippen molar-refractivity contribution in [2.75, 3.05) is 13.2 Å². The molecule has 1 aromatic heterocycles. The Kier molecular flexibility index (Phi) is 6.16. The van der Waals surface area contributed by atoms with Crippen LogP contribution in [0, 0.1) is 11.3 Å². The number of nitrogens with one attached hydrogen (secondary N) is 1. The van der Waals surface area contributed by atoms with E-state index >= 15 is 0 Å². The van der Waals surface area contributed by atoms with Crippen LogP contribution in [0.15, 0.2) is 23.1 Å². The monoisotopic (exact) mass is 263 g/mol. The van der Waals surface area contributed by atoms with Crippen molar-refractivity contribution >= 4 is 5.91 Å². The second-order valence-corrected chi connectivity index (χ2v) is 3.96. The summed E-state index contributed by atoms with van der Waals surface area (Å²) in [6.45, 7) is 2.39. The molecule has 0 saturated heterocycles. The van der Waals surface area contributed by atoms with Crippen molar-refractivity contribution in [3.63, 3.8) is 0 Å². The highest BCUT2D eigenvalue weighted by atomic mass is 16.5. The highest BCUT2D eigenvalue weighted by Gasteiger charge is 2.06. The summed E-state index contributed by atoms with van der Waals surface area (Å²) in [7, 11) is 0. The highest BCUT2D eigenvalue weighted by molar-refractivity contribution is 5.77. The fourth-order valence-corrected chi connectivity index (χ4v) is 1.42. The van der Waals surface area contributed by atoms with Gasteiger partial charge in [-0.05, 0) is 18.6 Å². The van der Waals surface area contributed by atoms with Crippen LogP contribution < -0.4 is 15.6 Å². The third kappa shape index (κ3) is 4.84.